The van der Waals surface area contributed by atoms with E-state index in [1.807, 2.05) is 13.2 Å². The van der Waals surface area contributed by atoms with Crippen molar-refractivity contribution in [3.8, 4) is 0 Å². The van der Waals surface area contributed by atoms with Gasteiger partial charge in [0.05, 0.1) is 11.3 Å². The second-order valence-electron chi connectivity index (χ2n) is 4.30. The van der Waals surface area contributed by atoms with Gasteiger partial charge in [-0.05, 0) is 26.0 Å². The van der Waals surface area contributed by atoms with Crippen molar-refractivity contribution in [2.45, 2.75) is 43.8 Å². The van der Waals surface area contributed by atoms with Crippen LogP contribution >= 0.6 is 11.8 Å². The van der Waals surface area contributed by atoms with E-state index in [1.165, 1.54) is 24.6 Å². The number of nitrogens with one attached hydrogen (secondary N) is 1. The molecule has 0 amide bonds. The molecule has 1 aromatic rings. The van der Waals surface area contributed by atoms with E-state index >= 15 is 0 Å². The molecular weight excluding hydrogens is 234 g/mol. The van der Waals surface area contributed by atoms with Crippen LogP contribution in [0.25, 0.3) is 0 Å². The lowest BCUT2D eigenvalue weighted by molar-refractivity contribution is 0.112. The molecule has 17 heavy (non-hydrogen) atoms. The normalized spacial score (nSPS) is 16.1. The zero-order chi connectivity index (χ0) is 12.3. The SMILES string of the molecule is CSc1nc(C)c(C=O)c(NC2CCCC2)n1. The summed E-state index contributed by atoms with van der Waals surface area (Å²) in [6.07, 6.45) is 7.62. The third kappa shape index (κ3) is 2.77. The fourth-order valence-corrected chi connectivity index (χ4v) is 2.57. The summed E-state index contributed by atoms with van der Waals surface area (Å²) in [6, 6.07) is 0.456. The van der Waals surface area contributed by atoms with Crippen molar-refractivity contribution in [3.63, 3.8) is 0 Å². The van der Waals surface area contributed by atoms with E-state index in [2.05, 4.69) is 15.3 Å². The zero-order valence-corrected chi connectivity index (χ0v) is 11.0. The molecule has 0 unspecified atom stereocenters. The van der Waals surface area contributed by atoms with Gasteiger partial charge in [0.1, 0.15) is 5.82 Å². The second kappa shape index (κ2) is 5.49. The molecule has 4 nitrogen and oxygen atoms in total. The molecule has 0 radical (unpaired) electrons. The van der Waals surface area contributed by atoms with Gasteiger partial charge in [0.2, 0.25) is 0 Å². The number of aryl methyl sites for hydroxylation is 1. The smallest absolute Gasteiger partial charge is 0.189 e. The second-order valence-corrected chi connectivity index (χ2v) is 5.07. The third-order valence-corrected chi connectivity index (χ3v) is 3.66. The molecule has 1 aliphatic rings. The van der Waals surface area contributed by atoms with E-state index in [0.717, 1.165) is 24.8 Å². The minimum absolute atomic E-state index is 0.456. The summed E-state index contributed by atoms with van der Waals surface area (Å²) >= 11 is 1.50. The van der Waals surface area contributed by atoms with Crippen LogP contribution in [0.1, 0.15) is 41.7 Å². The highest BCUT2D eigenvalue weighted by molar-refractivity contribution is 7.98. The Morgan fingerprint density at radius 2 is 2.06 bits per heavy atom. The molecule has 1 aromatic heterocycles. The lowest BCUT2D eigenvalue weighted by Crippen LogP contribution is -2.18. The van der Waals surface area contributed by atoms with Gasteiger partial charge < -0.3 is 5.32 Å². The number of carbonyl (C=O) groups is 1. The van der Waals surface area contributed by atoms with Crippen LogP contribution in [-0.2, 0) is 0 Å². The van der Waals surface area contributed by atoms with E-state index in [4.69, 9.17) is 0 Å². The quantitative estimate of drug-likeness (QED) is 0.506. The van der Waals surface area contributed by atoms with Gasteiger partial charge in [-0.3, -0.25) is 4.79 Å². The lowest BCUT2D eigenvalue weighted by Gasteiger charge is -2.15. The number of thioether (sulfide) groups is 1. The molecule has 1 saturated carbocycles. The van der Waals surface area contributed by atoms with Gasteiger partial charge in [0.25, 0.3) is 0 Å². The predicted molar refractivity (Wildman–Crippen MR) is 69.8 cm³/mol. The summed E-state index contributed by atoms with van der Waals surface area (Å²) in [7, 11) is 0. The molecule has 1 aliphatic carbocycles. The van der Waals surface area contributed by atoms with Gasteiger partial charge >= 0.3 is 0 Å². The Morgan fingerprint density at radius 1 is 1.35 bits per heavy atom. The molecule has 5 heteroatoms. The first-order valence-electron chi connectivity index (χ1n) is 5.89. The summed E-state index contributed by atoms with van der Waals surface area (Å²) < 4.78 is 0. The number of hydrogen-bond donors (Lipinski definition) is 1. The van der Waals surface area contributed by atoms with Crippen molar-refractivity contribution in [3.05, 3.63) is 11.3 Å². The lowest BCUT2D eigenvalue weighted by atomic mass is 10.2. The molecule has 0 bridgehead atoms. The zero-order valence-electron chi connectivity index (χ0n) is 10.2. The predicted octanol–water partition coefficient (Wildman–Crippen LogP) is 2.67. The van der Waals surface area contributed by atoms with E-state index in [9.17, 15) is 4.79 Å². The number of hydrogen-bond acceptors (Lipinski definition) is 5. The highest BCUT2D eigenvalue weighted by atomic mass is 32.2. The fraction of sp³-hybridized carbons (Fsp3) is 0.583. The Kier molecular flexibility index (Phi) is 3.99. The van der Waals surface area contributed by atoms with E-state index < -0.39 is 0 Å². The summed E-state index contributed by atoms with van der Waals surface area (Å²) in [4.78, 5) is 19.8. The first-order valence-corrected chi connectivity index (χ1v) is 7.11. The van der Waals surface area contributed by atoms with Crippen LogP contribution in [0.4, 0.5) is 5.82 Å². The molecular formula is C12H17N3OS. The van der Waals surface area contributed by atoms with E-state index in [0.29, 0.717) is 22.6 Å². The largest absolute Gasteiger partial charge is 0.367 e. The van der Waals surface area contributed by atoms with Crippen LogP contribution in [0.3, 0.4) is 0 Å². The summed E-state index contributed by atoms with van der Waals surface area (Å²) in [5.41, 5.74) is 1.34. The van der Waals surface area contributed by atoms with Crippen molar-refractivity contribution in [1.82, 2.24) is 9.97 Å². The van der Waals surface area contributed by atoms with E-state index in [-0.39, 0.29) is 0 Å². The molecule has 92 valence electrons. The Balaban J connectivity index is 2.28. The average molecular weight is 251 g/mol. The maximum Gasteiger partial charge on any atom is 0.189 e. The number of nitrogens with zero attached hydrogens (tertiary/aromatic N) is 2. The number of carbonyl (C=O) groups excluding carboxylic acids is 1. The molecule has 1 fully saturated rings. The van der Waals surface area contributed by atoms with Crippen LogP contribution in [-0.4, -0.2) is 28.6 Å². The molecule has 1 heterocycles. The van der Waals surface area contributed by atoms with Gasteiger partial charge in [0, 0.05) is 6.04 Å². The van der Waals surface area contributed by atoms with Crippen LogP contribution in [0.2, 0.25) is 0 Å². The summed E-state index contributed by atoms with van der Waals surface area (Å²) in [5.74, 6) is 0.698. The number of anilines is 1. The van der Waals surface area contributed by atoms with Crippen molar-refractivity contribution >= 4 is 23.9 Å². The average Bonchev–Trinajstić information content (AvgIpc) is 2.81. The molecule has 0 aromatic carbocycles. The minimum Gasteiger partial charge on any atom is -0.367 e. The topological polar surface area (TPSA) is 54.9 Å². The maximum absolute atomic E-state index is 11.1. The van der Waals surface area contributed by atoms with Crippen molar-refractivity contribution in [1.29, 1.82) is 0 Å². The molecule has 0 aliphatic heterocycles. The molecule has 0 atom stereocenters. The number of aromatic nitrogens is 2. The fourth-order valence-electron chi connectivity index (χ4n) is 2.16. The maximum atomic E-state index is 11.1. The van der Waals surface area contributed by atoms with Crippen LogP contribution in [0, 0.1) is 6.92 Å². The van der Waals surface area contributed by atoms with Gasteiger partial charge in [0.15, 0.2) is 11.4 Å². The Morgan fingerprint density at radius 3 is 2.65 bits per heavy atom. The van der Waals surface area contributed by atoms with Crippen molar-refractivity contribution in [2.24, 2.45) is 0 Å². The standard InChI is InChI=1S/C12H17N3OS/c1-8-10(7-16)11(15-12(13-8)17-2)14-9-5-3-4-6-9/h7,9H,3-6H2,1-2H3,(H,13,14,15). The van der Waals surface area contributed by atoms with Crippen LogP contribution in [0.5, 0.6) is 0 Å². The van der Waals surface area contributed by atoms with Gasteiger partial charge in [-0.2, -0.15) is 0 Å². The molecule has 0 spiro atoms. The minimum atomic E-state index is 0.456. The Bertz CT molecular complexity index is 416. The Labute approximate surface area is 106 Å². The van der Waals surface area contributed by atoms with E-state index in [1.54, 1.807) is 0 Å². The first kappa shape index (κ1) is 12.4. The number of aldehydes is 1. The third-order valence-electron chi connectivity index (χ3n) is 3.11. The van der Waals surface area contributed by atoms with Crippen LogP contribution < -0.4 is 5.32 Å². The Hall–Kier alpha value is -1.10. The highest BCUT2D eigenvalue weighted by Gasteiger charge is 2.18. The molecule has 0 saturated heterocycles. The molecule has 1 N–H and O–H groups in total. The first-order chi connectivity index (χ1) is 8.24. The number of rotatable bonds is 4. The monoisotopic (exact) mass is 251 g/mol. The molecule has 2 rings (SSSR count). The van der Waals surface area contributed by atoms with Crippen molar-refractivity contribution < 1.29 is 4.79 Å². The van der Waals surface area contributed by atoms with Crippen LogP contribution in [0.15, 0.2) is 5.16 Å². The van der Waals surface area contributed by atoms with Crippen molar-refractivity contribution in [2.75, 3.05) is 11.6 Å². The van der Waals surface area contributed by atoms with Gasteiger partial charge in [-0.15, -0.1) is 0 Å². The summed E-state index contributed by atoms with van der Waals surface area (Å²) in [5, 5.41) is 4.10. The highest BCUT2D eigenvalue weighted by Crippen LogP contribution is 2.25. The van der Waals surface area contributed by atoms with Gasteiger partial charge in [-0.25, -0.2) is 9.97 Å². The summed E-state index contributed by atoms with van der Waals surface area (Å²) in [6.45, 7) is 1.85. The van der Waals surface area contributed by atoms with Gasteiger partial charge in [-0.1, -0.05) is 24.6 Å².